The van der Waals surface area contributed by atoms with E-state index in [-0.39, 0.29) is 10.6 Å². The molecule has 0 bridgehead atoms. The zero-order valence-electron chi connectivity index (χ0n) is 9.30. The fourth-order valence-electron chi connectivity index (χ4n) is 1.73. The van der Waals surface area contributed by atoms with Crippen LogP contribution in [0.3, 0.4) is 0 Å². The molecule has 6 heteroatoms. The van der Waals surface area contributed by atoms with E-state index in [1.54, 1.807) is 12.1 Å². The summed E-state index contributed by atoms with van der Waals surface area (Å²) in [4.78, 5) is -0.0503. The van der Waals surface area contributed by atoms with Crippen LogP contribution in [0.4, 0.5) is 0 Å². The van der Waals surface area contributed by atoms with E-state index in [0.717, 1.165) is 17.9 Å². The zero-order valence-corrected chi connectivity index (χ0v) is 10.9. The van der Waals surface area contributed by atoms with Crippen molar-refractivity contribution in [1.82, 2.24) is 4.72 Å². The summed E-state index contributed by atoms with van der Waals surface area (Å²) in [6.45, 7) is 0.448. The molecule has 0 aromatic heterocycles. The first-order chi connectivity index (χ1) is 8.09. The molecule has 1 fully saturated rings. The van der Waals surface area contributed by atoms with Gasteiger partial charge in [-0.05, 0) is 36.0 Å². The van der Waals surface area contributed by atoms with Crippen LogP contribution in [0.1, 0.15) is 6.42 Å². The summed E-state index contributed by atoms with van der Waals surface area (Å²) < 4.78 is 26.4. The molecule has 4 nitrogen and oxygen atoms in total. The molecule has 0 radical (unpaired) electrons. The third-order valence-electron chi connectivity index (χ3n) is 2.74. The summed E-state index contributed by atoms with van der Waals surface area (Å²) in [6, 6.07) is 5.97. The average Bonchev–Trinajstić information content (AvgIpc) is 2.80. The van der Waals surface area contributed by atoms with Gasteiger partial charge in [0.2, 0.25) is 10.0 Å². The van der Waals surface area contributed by atoms with E-state index >= 15 is 0 Å². The fourth-order valence-corrected chi connectivity index (χ4v) is 4.23. The van der Waals surface area contributed by atoms with E-state index in [1.165, 1.54) is 12.1 Å². The quantitative estimate of drug-likeness (QED) is 0.871. The molecule has 2 N–H and O–H groups in total. The van der Waals surface area contributed by atoms with Crippen molar-refractivity contribution in [2.45, 2.75) is 11.3 Å². The normalized spacial score (nSPS) is 20.6. The monoisotopic (exact) mass is 273 g/mol. The molecule has 1 heterocycles. The highest BCUT2D eigenvalue weighted by atomic mass is 32.2. The first kappa shape index (κ1) is 12.7. The zero-order chi connectivity index (χ0) is 12.3. The Morgan fingerprint density at radius 2 is 2.18 bits per heavy atom. The van der Waals surface area contributed by atoms with Crippen LogP contribution >= 0.6 is 11.8 Å². The number of para-hydroxylation sites is 1. The van der Waals surface area contributed by atoms with Gasteiger partial charge in [-0.25, -0.2) is 13.1 Å². The van der Waals surface area contributed by atoms with Crippen molar-refractivity contribution in [3.05, 3.63) is 24.3 Å². The van der Waals surface area contributed by atoms with Crippen LogP contribution in [-0.2, 0) is 10.0 Å². The highest BCUT2D eigenvalue weighted by Crippen LogP contribution is 2.24. The molecule has 17 heavy (non-hydrogen) atoms. The topological polar surface area (TPSA) is 66.4 Å². The molecule has 0 saturated carbocycles. The number of hydrogen-bond acceptors (Lipinski definition) is 4. The molecule has 94 valence electrons. The molecule has 0 aliphatic carbocycles. The van der Waals surface area contributed by atoms with Crippen LogP contribution in [0.2, 0.25) is 0 Å². The third kappa shape index (κ3) is 3.14. The number of thioether (sulfide) groups is 1. The molecule has 1 aliphatic heterocycles. The molecule has 1 saturated heterocycles. The minimum absolute atomic E-state index is 0.0503. The molecule has 0 amide bonds. The number of sulfonamides is 1. The predicted molar refractivity (Wildman–Crippen MR) is 68.7 cm³/mol. The van der Waals surface area contributed by atoms with Crippen LogP contribution < -0.4 is 4.72 Å². The second-order valence-corrected chi connectivity index (χ2v) is 6.93. The van der Waals surface area contributed by atoms with Gasteiger partial charge in [-0.1, -0.05) is 12.1 Å². The fraction of sp³-hybridized carbons (Fsp3) is 0.455. The van der Waals surface area contributed by atoms with E-state index in [0.29, 0.717) is 12.5 Å². The van der Waals surface area contributed by atoms with Crippen LogP contribution in [0, 0.1) is 5.92 Å². The minimum atomic E-state index is -3.59. The van der Waals surface area contributed by atoms with Crippen molar-refractivity contribution in [2.75, 3.05) is 18.1 Å². The summed E-state index contributed by atoms with van der Waals surface area (Å²) in [5.41, 5.74) is 0. The minimum Gasteiger partial charge on any atom is -0.507 e. The predicted octanol–water partition coefficient (Wildman–Crippen LogP) is 1.42. The SMILES string of the molecule is O=S(=O)(NCC1CCSC1)c1ccccc1O. The van der Waals surface area contributed by atoms with Gasteiger partial charge in [-0.15, -0.1) is 0 Å². The highest BCUT2D eigenvalue weighted by Gasteiger charge is 2.21. The largest absolute Gasteiger partial charge is 0.507 e. The number of rotatable bonds is 4. The number of phenolic OH excluding ortho intramolecular Hbond substituents is 1. The van der Waals surface area contributed by atoms with Crippen molar-refractivity contribution in [3.8, 4) is 5.75 Å². The van der Waals surface area contributed by atoms with Gasteiger partial charge in [0, 0.05) is 6.54 Å². The van der Waals surface area contributed by atoms with E-state index in [1.807, 2.05) is 11.8 Å². The van der Waals surface area contributed by atoms with Crippen LogP contribution in [-0.4, -0.2) is 31.6 Å². The molecule has 1 unspecified atom stereocenters. The highest BCUT2D eigenvalue weighted by molar-refractivity contribution is 7.99. The van der Waals surface area contributed by atoms with Gasteiger partial charge in [0.15, 0.2) is 0 Å². The van der Waals surface area contributed by atoms with Crippen molar-refractivity contribution < 1.29 is 13.5 Å². The first-order valence-corrected chi connectivity index (χ1v) is 8.09. The van der Waals surface area contributed by atoms with E-state index in [2.05, 4.69) is 4.72 Å². The summed E-state index contributed by atoms with van der Waals surface area (Å²) in [5, 5.41) is 9.51. The van der Waals surface area contributed by atoms with Gasteiger partial charge >= 0.3 is 0 Å². The van der Waals surface area contributed by atoms with Gasteiger partial charge in [0.05, 0.1) is 0 Å². The Hall–Kier alpha value is -0.720. The summed E-state index contributed by atoms with van der Waals surface area (Å²) in [7, 11) is -3.59. The number of aromatic hydroxyl groups is 1. The Bertz CT molecular complexity index is 481. The van der Waals surface area contributed by atoms with E-state index in [9.17, 15) is 13.5 Å². The van der Waals surface area contributed by atoms with Gasteiger partial charge in [0.25, 0.3) is 0 Å². The first-order valence-electron chi connectivity index (χ1n) is 5.45. The Balaban J connectivity index is 2.06. The van der Waals surface area contributed by atoms with Gasteiger partial charge < -0.3 is 5.11 Å². The summed E-state index contributed by atoms with van der Waals surface area (Å²) in [6.07, 6.45) is 1.05. The number of benzene rings is 1. The van der Waals surface area contributed by atoms with Crippen molar-refractivity contribution in [2.24, 2.45) is 5.92 Å². The van der Waals surface area contributed by atoms with Crippen LogP contribution in [0.25, 0.3) is 0 Å². The maximum Gasteiger partial charge on any atom is 0.244 e. The standard InChI is InChI=1S/C11H15NO3S2/c13-10-3-1-2-4-11(10)17(14,15)12-7-9-5-6-16-8-9/h1-4,9,12-13H,5-8H2. The Labute approximate surface area is 105 Å². The van der Waals surface area contributed by atoms with E-state index in [4.69, 9.17) is 0 Å². The second-order valence-electron chi connectivity index (χ2n) is 4.05. The van der Waals surface area contributed by atoms with Crippen LogP contribution in [0.5, 0.6) is 5.75 Å². The molecule has 2 rings (SSSR count). The number of hydrogen-bond donors (Lipinski definition) is 2. The summed E-state index contributed by atoms with van der Waals surface area (Å²) >= 11 is 1.85. The van der Waals surface area contributed by atoms with E-state index < -0.39 is 10.0 Å². The molecular weight excluding hydrogens is 258 g/mol. The molecule has 1 aromatic rings. The van der Waals surface area contributed by atoms with Crippen molar-refractivity contribution in [1.29, 1.82) is 0 Å². The molecule has 1 aromatic carbocycles. The van der Waals surface area contributed by atoms with Crippen molar-refractivity contribution >= 4 is 21.8 Å². The Kier molecular flexibility index (Phi) is 3.96. The van der Waals surface area contributed by atoms with Crippen LogP contribution in [0.15, 0.2) is 29.2 Å². The lowest BCUT2D eigenvalue weighted by molar-refractivity contribution is 0.457. The van der Waals surface area contributed by atoms with Gasteiger partial charge in [-0.2, -0.15) is 11.8 Å². The third-order valence-corrected chi connectivity index (χ3v) is 5.44. The maximum absolute atomic E-state index is 11.9. The average molecular weight is 273 g/mol. The lowest BCUT2D eigenvalue weighted by atomic mass is 10.1. The Morgan fingerprint density at radius 3 is 2.82 bits per heavy atom. The molecule has 1 aliphatic rings. The Morgan fingerprint density at radius 1 is 1.41 bits per heavy atom. The smallest absolute Gasteiger partial charge is 0.244 e. The molecular formula is C11H15NO3S2. The van der Waals surface area contributed by atoms with Gasteiger partial charge in [0.1, 0.15) is 10.6 Å². The molecule has 0 spiro atoms. The van der Waals surface area contributed by atoms with Gasteiger partial charge in [-0.3, -0.25) is 0 Å². The lowest BCUT2D eigenvalue weighted by Crippen LogP contribution is -2.29. The summed E-state index contributed by atoms with van der Waals surface area (Å²) in [5.74, 6) is 2.30. The number of nitrogens with one attached hydrogen (secondary N) is 1. The molecule has 1 atom stereocenters. The lowest BCUT2D eigenvalue weighted by Gasteiger charge is -2.11. The second kappa shape index (κ2) is 5.29. The number of phenols is 1. The maximum atomic E-state index is 11.9. The van der Waals surface area contributed by atoms with Crippen molar-refractivity contribution in [3.63, 3.8) is 0 Å².